The fraction of sp³-hybridized carbons (Fsp3) is 0.231. The fourth-order valence-corrected chi connectivity index (χ4v) is 1.43. The lowest BCUT2D eigenvalue weighted by atomic mass is 10.2. The Balaban J connectivity index is 2.25. The summed E-state index contributed by atoms with van der Waals surface area (Å²) in [7, 11) is 0. The first-order valence-electron chi connectivity index (χ1n) is 5.18. The van der Waals surface area contributed by atoms with Crippen molar-refractivity contribution in [2.75, 3.05) is 6.54 Å². The van der Waals surface area contributed by atoms with E-state index in [0.717, 1.165) is 18.2 Å². The third-order valence-corrected chi connectivity index (χ3v) is 2.21. The zero-order valence-electron chi connectivity index (χ0n) is 8.79. The quantitative estimate of drug-likeness (QED) is 0.620. The molecule has 0 unspecified atom stereocenters. The fourth-order valence-electron chi connectivity index (χ4n) is 1.43. The van der Waals surface area contributed by atoms with Crippen molar-refractivity contribution in [2.24, 2.45) is 5.73 Å². The van der Waals surface area contributed by atoms with Crippen LogP contribution in [0.25, 0.3) is 11.0 Å². The van der Waals surface area contributed by atoms with E-state index in [4.69, 9.17) is 10.2 Å². The standard InChI is InChI=1S/C13H12FNO/c14-12-7-4-5-10-9-11(16-13(10)12)6-2-1-3-8-15/h4-5,7,9H,1,3,8,15H2. The number of nitrogens with two attached hydrogens (primary N) is 1. The average Bonchev–Trinajstić information content (AvgIpc) is 2.69. The van der Waals surface area contributed by atoms with Gasteiger partial charge in [-0.25, -0.2) is 4.39 Å². The molecule has 2 aromatic rings. The lowest BCUT2D eigenvalue weighted by molar-refractivity contribution is 0.552. The Bertz CT molecular complexity index is 548. The smallest absolute Gasteiger partial charge is 0.178 e. The lowest BCUT2D eigenvalue weighted by Crippen LogP contribution is -1.96. The van der Waals surface area contributed by atoms with E-state index in [-0.39, 0.29) is 11.4 Å². The minimum Gasteiger partial charge on any atom is -0.445 e. The first kappa shape index (κ1) is 10.7. The molecule has 0 bridgehead atoms. The van der Waals surface area contributed by atoms with E-state index in [1.807, 2.05) is 0 Å². The molecular formula is C13H12FNO. The number of furan rings is 1. The third kappa shape index (κ3) is 2.23. The molecule has 0 radical (unpaired) electrons. The van der Waals surface area contributed by atoms with Crippen LogP contribution in [0.3, 0.4) is 0 Å². The average molecular weight is 217 g/mol. The molecule has 0 saturated heterocycles. The maximum atomic E-state index is 13.3. The highest BCUT2D eigenvalue weighted by molar-refractivity contribution is 5.79. The number of unbranched alkanes of at least 4 members (excludes halogenated alkanes) is 1. The summed E-state index contributed by atoms with van der Waals surface area (Å²) < 4.78 is 18.6. The zero-order valence-corrected chi connectivity index (χ0v) is 8.79. The molecule has 2 nitrogen and oxygen atoms in total. The number of halogens is 1. The first-order valence-corrected chi connectivity index (χ1v) is 5.18. The largest absolute Gasteiger partial charge is 0.445 e. The molecule has 0 spiro atoms. The van der Waals surface area contributed by atoms with Gasteiger partial charge < -0.3 is 10.2 Å². The zero-order chi connectivity index (χ0) is 11.4. The van der Waals surface area contributed by atoms with Gasteiger partial charge in [-0.3, -0.25) is 0 Å². The van der Waals surface area contributed by atoms with Gasteiger partial charge in [0.2, 0.25) is 0 Å². The SMILES string of the molecule is NCCCC#Cc1cc2cccc(F)c2o1. The Morgan fingerprint density at radius 3 is 3.00 bits per heavy atom. The van der Waals surface area contributed by atoms with Crippen molar-refractivity contribution in [1.29, 1.82) is 0 Å². The van der Waals surface area contributed by atoms with E-state index in [1.165, 1.54) is 6.07 Å². The van der Waals surface area contributed by atoms with Gasteiger partial charge in [0.25, 0.3) is 0 Å². The molecule has 82 valence electrons. The predicted molar refractivity (Wildman–Crippen MR) is 61.3 cm³/mol. The Morgan fingerprint density at radius 2 is 2.25 bits per heavy atom. The van der Waals surface area contributed by atoms with Crippen molar-refractivity contribution in [3.63, 3.8) is 0 Å². The summed E-state index contributed by atoms with van der Waals surface area (Å²) in [5, 5.41) is 0.739. The van der Waals surface area contributed by atoms with E-state index in [0.29, 0.717) is 12.3 Å². The van der Waals surface area contributed by atoms with E-state index in [1.54, 1.807) is 18.2 Å². The molecule has 0 aliphatic carbocycles. The molecule has 0 aliphatic rings. The summed E-state index contributed by atoms with van der Waals surface area (Å²) in [5.74, 6) is 5.94. The summed E-state index contributed by atoms with van der Waals surface area (Å²) in [6, 6.07) is 6.57. The summed E-state index contributed by atoms with van der Waals surface area (Å²) in [6.07, 6.45) is 1.59. The maximum Gasteiger partial charge on any atom is 0.178 e. The molecule has 2 rings (SSSR count). The number of rotatable bonds is 2. The summed E-state index contributed by atoms with van der Waals surface area (Å²) in [5.41, 5.74) is 5.62. The molecule has 0 saturated carbocycles. The number of para-hydroxylation sites is 1. The topological polar surface area (TPSA) is 39.2 Å². The van der Waals surface area contributed by atoms with Gasteiger partial charge in [0.15, 0.2) is 17.2 Å². The summed E-state index contributed by atoms with van der Waals surface area (Å²) in [4.78, 5) is 0. The molecular weight excluding hydrogens is 205 g/mol. The van der Waals surface area contributed by atoms with Crippen molar-refractivity contribution in [1.82, 2.24) is 0 Å². The molecule has 0 aliphatic heterocycles. The van der Waals surface area contributed by atoms with E-state index < -0.39 is 0 Å². The third-order valence-electron chi connectivity index (χ3n) is 2.21. The van der Waals surface area contributed by atoms with Crippen LogP contribution in [0.15, 0.2) is 28.7 Å². The number of hydrogen-bond donors (Lipinski definition) is 1. The van der Waals surface area contributed by atoms with Gasteiger partial charge in [-0.15, -0.1) is 0 Å². The Labute approximate surface area is 93.2 Å². The first-order chi connectivity index (χ1) is 7.81. The Hall–Kier alpha value is -1.79. The highest BCUT2D eigenvalue weighted by Gasteiger charge is 2.05. The summed E-state index contributed by atoms with van der Waals surface area (Å²) in [6.45, 7) is 0.628. The van der Waals surface area contributed by atoms with Crippen molar-refractivity contribution in [3.05, 3.63) is 35.8 Å². The van der Waals surface area contributed by atoms with E-state index in [9.17, 15) is 4.39 Å². The van der Waals surface area contributed by atoms with E-state index in [2.05, 4.69) is 11.8 Å². The van der Waals surface area contributed by atoms with Crippen molar-refractivity contribution in [3.8, 4) is 11.8 Å². The van der Waals surface area contributed by atoms with Crippen LogP contribution in [0.2, 0.25) is 0 Å². The maximum absolute atomic E-state index is 13.3. The number of fused-ring (bicyclic) bond motifs is 1. The van der Waals surface area contributed by atoms with Crippen molar-refractivity contribution >= 4 is 11.0 Å². The normalized spacial score (nSPS) is 10.1. The van der Waals surface area contributed by atoms with Gasteiger partial charge >= 0.3 is 0 Å². The van der Waals surface area contributed by atoms with Gasteiger partial charge in [0.1, 0.15) is 0 Å². The Morgan fingerprint density at radius 1 is 1.38 bits per heavy atom. The summed E-state index contributed by atoms with van der Waals surface area (Å²) >= 11 is 0. The van der Waals surface area contributed by atoms with E-state index >= 15 is 0 Å². The second-order valence-electron chi connectivity index (χ2n) is 3.46. The second kappa shape index (κ2) is 4.82. The van der Waals surface area contributed by atoms with Gasteiger partial charge in [0, 0.05) is 17.9 Å². The highest BCUT2D eigenvalue weighted by Crippen LogP contribution is 2.21. The predicted octanol–water partition coefficient (Wildman–Crippen LogP) is 2.66. The molecule has 0 atom stereocenters. The minimum absolute atomic E-state index is 0.269. The number of benzene rings is 1. The van der Waals surface area contributed by atoms with Gasteiger partial charge in [-0.2, -0.15) is 0 Å². The monoisotopic (exact) mass is 217 g/mol. The lowest BCUT2D eigenvalue weighted by Gasteiger charge is -1.87. The van der Waals surface area contributed by atoms with Crippen LogP contribution in [0.5, 0.6) is 0 Å². The van der Waals surface area contributed by atoms with Crippen LogP contribution in [-0.2, 0) is 0 Å². The molecule has 2 N–H and O–H groups in total. The Kier molecular flexibility index (Phi) is 3.23. The van der Waals surface area contributed by atoms with Crippen LogP contribution in [0, 0.1) is 17.7 Å². The molecule has 0 fully saturated rings. The molecule has 1 aromatic carbocycles. The van der Waals surface area contributed by atoms with Crippen LogP contribution in [0.4, 0.5) is 4.39 Å². The second-order valence-corrected chi connectivity index (χ2v) is 3.46. The van der Waals surface area contributed by atoms with Crippen LogP contribution in [0.1, 0.15) is 18.6 Å². The van der Waals surface area contributed by atoms with Crippen molar-refractivity contribution < 1.29 is 8.81 Å². The molecule has 0 amide bonds. The van der Waals surface area contributed by atoms with Gasteiger partial charge in [-0.05, 0) is 25.0 Å². The minimum atomic E-state index is -0.354. The number of hydrogen-bond acceptors (Lipinski definition) is 2. The molecule has 1 aromatic heterocycles. The van der Waals surface area contributed by atoms with Crippen molar-refractivity contribution in [2.45, 2.75) is 12.8 Å². The molecule has 16 heavy (non-hydrogen) atoms. The van der Waals surface area contributed by atoms with Crippen LogP contribution < -0.4 is 5.73 Å². The van der Waals surface area contributed by atoms with Gasteiger partial charge in [-0.1, -0.05) is 18.1 Å². The van der Waals surface area contributed by atoms with Crippen LogP contribution in [-0.4, -0.2) is 6.54 Å². The molecule has 1 heterocycles. The van der Waals surface area contributed by atoms with Crippen LogP contribution >= 0.6 is 0 Å². The molecule has 3 heteroatoms. The van der Waals surface area contributed by atoms with Gasteiger partial charge in [0.05, 0.1) is 0 Å². The highest BCUT2D eigenvalue weighted by atomic mass is 19.1.